The van der Waals surface area contributed by atoms with E-state index in [1.807, 2.05) is 73.8 Å². The molecule has 3 aliphatic rings. The van der Waals surface area contributed by atoms with Crippen LogP contribution in [0.15, 0.2) is 84.5 Å². The predicted octanol–water partition coefficient (Wildman–Crippen LogP) is 7.24. The molecule has 43 heavy (non-hydrogen) atoms. The van der Waals surface area contributed by atoms with Crippen molar-refractivity contribution in [2.45, 2.75) is 76.7 Å². The van der Waals surface area contributed by atoms with Gasteiger partial charge in [0.1, 0.15) is 11.6 Å². The van der Waals surface area contributed by atoms with Gasteiger partial charge in [-0.15, -0.1) is 0 Å². The van der Waals surface area contributed by atoms with Crippen LogP contribution < -0.4 is 0 Å². The maximum Gasteiger partial charge on any atom is 0.320 e. The second kappa shape index (κ2) is 11.4. The Morgan fingerprint density at radius 2 is 1.60 bits per heavy atom. The van der Waals surface area contributed by atoms with Gasteiger partial charge in [-0.1, -0.05) is 87.5 Å². The Kier molecular flexibility index (Phi) is 8.30. The summed E-state index contributed by atoms with van der Waals surface area (Å²) in [6, 6.07) is 19.0. The Morgan fingerprint density at radius 1 is 1.05 bits per heavy atom. The second-order valence-electron chi connectivity index (χ2n) is 14.1. The van der Waals surface area contributed by atoms with E-state index < -0.39 is 37.5 Å². The lowest BCUT2D eigenvalue weighted by Crippen LogP contribution is -2.56. The van der Waals surface area contributed by atoms with Gasteiger partial charge in [0.15, 0.2) is 8.32 Å². The highest BCUT2D eigenvalue weighted by molar-refractivity contribution is 6.74. The number of halogens is 1. The zero-order chi connectivity index (χ0) is 31.2. The summed E-state index contributed by atoms with van der Waals surface area (Å²) in [5.74, 6) is -1.70. The first kappa shape index (κ1) is 31.3. The molecule has 4 unspecified atom stereocenters. The average Bonchev–Trinajstić information content (AvgIpc) is 3.62. The highest BCUT2D eigenvalue weighted by Gasteiger charge is 2.62. The summed E-state index contributed by atoms with van der Waals surface area (Å²) in [6.45, 7) is 10.6. The summed E-state index contributed by atoms with van der Waals surface area (Å²) in [7, 11) is -2.42. The van der Waals surface area contributed by atoms with Crippen LogP contribution in [0.1, 0.15) is 44.7 Å². The number of benzene rings is 2. The van der Waals surface area contributed by atoms with Crippen molar-refractivity contribution in [1.82, 2.24) is 4.90 Å². The molecule has 6 atom stereocenters. The summed E-state index contributed by atoms with van der Waals surface area (Å²) in [6.07, 6.45) is 4.27. The summed E-state index contributed by atoms with van der Waals surface area (Å²) in [5.41, 5.74) is -1.55. The van der Waals surface area contributed by atoms with Gasteiger partial charge in [0, 0.05) is 31.2 Å². The minimum Gasteiger partial charge on any atom is -0.480 e. The molecule has 0 spiro atoms. The predicted molar refractivity (Wildman–Crippen MR) is 167 cm³/mol. The van der Waals surface area contributed by atoms with Crippen LogP contribution in [-0.4, -0.2) is 47.7 Å². The highest BCUT2D eigenvalue weighted by Crippen LogP contribution is 2.62. The third-order valence-corrected chi connectivity index (χ3v) is 14.8. The SMILES string of the molecule is CC(C)(C)[Si](C)(C)OC[C@@]1(C(=O)O)C=C[C@@](N(Cc2ccccc2)Cc2ccccc2)([N+](=O)[O-])C=C1C1C(F)CC2CC21. The molecule has 1 N–H and O–H groups in total. The lowest BCUT2D eigenvalue weighted by atomic mass is 9.68. The normalized spacial score (nSPS) is 30.2. The Morgan fingerprint density at radius 3 is 2.05 bits per heavy atom. The number of carboxylic acids is 1. The van der Waals surface area contributed by atoms with Crippen molar-refractivity contribution >= 4 is 14.3 Å². The maximum absolute atomic E-state index is 15.8. The van der Waals surface area contributed by atoms with Crippen LogP contribution in [0.2, 0.25) is 18.1 Å². The number of aliphatic carboxylic acids is 1. The molecule has 2 aromatic carbocycles. The van der Waals surface area contributed by atoms with Crippen LogP contribution in [0.5, 0.6) is 0 Å². The van der Waals surface area contributed by atoms with E-state index in [0.29, 0.717) is 6.42 Å². The molecule has 0 aromatic heterocycles. The van der Waals surface area contributed by atoms with Crippen molar-refractivity contribution in [2.24, 2.45) is 23.2 Å². The molecular formula is C34H43FN2O5Si. The number of alkyl halides is 1. The number of hydrogen-bond acceptors (Lipinski definition) is 5. The van der Waals surface area contributed by atoms with Crippen molar-refractivity contribution in [3.63, 3.8) is 0 Å². The van der Waals surface area contributed by atoms with Crippen LogP contribution >= 0.6 is 0 Å². The number of rotatable bonds is 11. The molecule has 0 radical (unpaired) electrons. The molecule has 2 saturated carbocycles. The largest absolute Gasteiger partial charge is 0.480 e. The van der Waals surface area contributed by atoms with E-state index in [1.54, 1.807) is 4.90 Å². The fraction of sp³-hybridized carbons (Fsp3) is 0.500. The van der Waals surface area contributed by atoms with Gasteiger partial charge in [-0.2, -0.15) is 0 Å². The third-order valence-electron chi connectivity index (χ3n) is 10.3. The van der Waals surface area contributed by atoms with Gasteiger partial charge in [-0.05, 0) is 59.5 Å². The number of nitrogens with zero attached hydrogens (tertiary/aromatic N) is 2. The lowest BCUT2D eigenvalue weighted by molar-refractivity contribution is -0.573. The molecule has 0 bridgehead atoms. The van der Waals surface area contributed by atoms with Gasteiger partial charge in [-0.3, -0.25) is 14.9 Å². The molecule has 230 valence electrons. The Labute approximate surface area is 254 Å². The van der Waals surface area contributed by atoms with E-state index in [9.17, 15) is 20.0 Å². The van der Waals surface area contributed by atoms with E-state index in [0.717, 1.165) is 17.5 Å². The van der Waals surface area contributed by atoms with Gasteiger partial charge < -0.3 is 9.53 Å². The molecule has 0 heterocycles. The number of carbonyl (C=O) groups is 1. The quantitative estimate of drug-likeness (QED) is 0.0953. The second-order valence-corrected chi connectivity index (χ2v) is 18.9. The zero-order valence-electron chi connectivity index (χ0n) is 25.7. The molecule has 2 aromatic rings. The monoisotopic (exact) mass is 606 g/mol. The van der Waals surface area contributed by atoms with Crippen LogP contribution in [0.3, 0.4) is 0 Å². The smallest absolute Gasteiger partial charge is 0.320 e. The van der Waals surface area contributed by atoms with Gasteiger partial charge in [0.2, 0.25) is 0 Å². The molecule has 2 fully saturated rings. The number of hydrogen-bond donors (Lipinski definition) is 1. The Balaban J connectivity index is 1.66. The first-order chi connectivity index (χ1) is 20.2. The van der Waals surface area contributed by atoms with Crippen molar-refractivity contribution in [3.8, 4) is 0 Å². The van der Waals surface area contributed by atoms with E-state index >= 15 is 4.39 Å². The van der Waals surface area contributed by atoms with Gasteiger partial charge in [0.05, 0.1) is 11.5 Å². The topological polar surface area (TPSA) is 92.9 Å². The van der Waals surface area contributed by atoms with Crippen LogP contribution in [0, 0.1) is 33.3 Å². The molecular weight excluding hydrogens is 563 g/mol. The van der Waals surface area contributed by atoms with Gasteiger partial charge in [0.25, 0.3) is 0 Å². The maximum atomic E-state index is 15.8. The standard InChI is InChI=1S/C34H43FN2O5Si/c1-32(2,3)43(4,5)42-23-33(31(38)39)16-17-34(37(40)41,20-28(33)30-27-18-26(27)19-29(30)35)36(21-24-12-8-6-9-13-24)22-25-14-10-7-11-15-25/h6-17,20,26-27,29-30H,18-19,21-23H2,1-5H3,(H,38,39)/t26?,27?,29?,30?,33-,34+/m0/s1. The number of fused-ring (bicyclic) bond motifs is 1. The molecule has 0 amide bonds. The van der Waals surface area contributed by atoms with E-state index in [2.05, 4.69) is 20.8 Å². The molecule has 0 saturated heterocycles. The van der Waals surface area contributed by atoms with Gasteiger partial charge >= 0.3 is 11.6 Å². The number of nitro groups is 1. The molecule has 7 nitrogen and oxygen atoms in total. The van der Waals surface area contributed by atoms with Crippen molar-refractivity contribution in [1.29, 1.82) is 0 Å². The van der Waals surface area contributed by atoms with Crippen LogP contribution in [-0.2, 0) is 22.3 Å². The summed E-state index contributed by atoms with van der Waals surface area (Å²) >= 11 is 0. The average molecular weight is 607 g/mol. The van der Waals surface area contributed by atoms with Crippen molar-refractivity contribution < 1.29 is 23.6 Å². The van der Waals surface area contributed by atoms with E-state index in [-0.39, 0.29) is 47.1 Å². The lowest BCUT2D eigenvalue weighted by Gasteiger charge is -2.44. The van der Waals surface area contributed by atoms with E-state index in [1.165, 1.54) is 18.2 Å². The molecule has 3 aliphatic carbocycles. The van der Waals surface area contributed by atoms with Crippen LogP contribution in [0.25, 0.3) is 0 Å². The first-order valence-electron chi connectivity index (χ1n) is 15.1. The summed E-state index contributed by atoms with van der Waals surface area (Å²) in [4.78, 5) is 28.0. The van der Waals surface area contributed by atoms with Crippen molar-refractivity contribution in [3.05, 3.63) is 106 Å². The molecule has 5 rings (SSSR count). The summed E-state index contributed by atoms with van der Waals surface area (Å²) in [5, 5.41) is 23.9. The minimum absolute atomic E-state index is 0.0134. The fourth-order valence-corrected chi connectivity index (χ4v) is 7.53. The Bertz CT molecular complexity index is 1370. The molecule has 9 heteroatoms. The number of carboxylic acid groups (broad SMARTS) is 1. The Hall–Kier alpha value is -3.14. The third kappa shape index (κ3) is 5.87. The van der Waals surface area contributed by atoms with Gasteiger partial charge in [-0.25, -0.2) is 9.29 Å². The van der Waals surface area contributed by atoms with Crippen LogP contribution in [0.4, 0.5) is 4.39 Å². The fourth-order valence-electron chi connectivity index (χ4n) is 6.51. The first-order valence-corrected chi connectivity index (χ1v) is 18.0. The zero-order valence-corrected chi connectivity index (χ0v) is 26.7. The molecule has 0 aliphatic heterocycles. The minimum atomic E-state index is -2.42. The highest BCUT2D eigenvalue weighted by atomic mass is 28.4. The summed E-state index contributed by atoms with van der Waals surface area (Å²) < 4.78 is 22.3. The van der Waals surface area contributed by atoms with Crippen molar-refractivity contribution in [2.75, 3.05) is 6.61 Å². The van der Waals surface area contributed by atoms with E-state index in [4.69, 9.17) is 4.43 Å².